The van der Waals surface area contributed by atoms with Crippen molar-refractivity contribution in [2.24, 2.45) is 0 Å². The zero-order valence-electron chi connectivity index (χ0n) is 16.9. The van der Waals surface area contributed by atoms with Gasteiger partial charge in [-0.05, 0) is 47.5 Å². The van der Waals surface area contributed by atoms with E-state index in [9.17, 15) is 0 Å². The van der Waals surface area contributed by atoms with Gasteiger partial charge in [-0.3, -0.25) is 15.0 Å². The van der Waals surface area contributed by atoms with Gasteiger partial charge in [-0.25, -0.2) is 0 Å². The molecule has 1 aliphatic heterocycles. The molecule has 6 rings (SSSR count). The van der Waals surface area contributed by atoms with E-state index in [-0.39, 0.29) is 0 Å². The van der Waals surface area contributed by atoms with Crippen LogP contribution in [0.3, 0.4) is 0 Å². The minimum absolute atomic E-state index is 0.647. The number of nitrogens with zero attached hydrogens (tertiary/aromatic N) is 4. The van der Waals surface area contributed by atoms with Crippen molar-refractivity contribution >= 4 is 27.6 Å². The fourth-order valence-corrected chi connectivity index (χ4v) is 4.28. The number of anilines is 1. The van der Waals surface area contributed by atoms with E-state index >= 15 is 0 Å². The number of hydrogen-bond acceptors (Lipinski definition) is 5. The molecule has 5 heteroatoms. The maximum atomic E-state index is 6.09. The van der Waals surface area contributed by atoms with Gasteiger partial charge in [-0.15, -0.1) is 0 Å². The lowest BCUT2D eigenvalue weighted by atomic mass is 10.0. The molecule has 0 bridgehead atoms. The van der Waals surface area contributed by atoms with Crippen LogP contribution in [0.4, 0.5) is 5.69 Å². The summed E-state index contributed by atoms with van der Waals surface area (Å²) in [6.45, 7) is 2.25. The molecule has 0 radical (unpaired) electrons. The molecule has 1 aliphatic rings. The van der Waals surface area contributed by atoms with Crippen molar-refractivity contribution in [3.8, 4) is 16.9 Å². The summed E-state index contributed by atoms with van der Waals surface area (Å²) >= 11 is 0. The van der Waals surface area contributed by atoms with Gasteiger partial charge in [0.1, 0.15) is 12.4 Å². The van der Waals surface area contributed by atoms with Gasteiger partial charge in [0.15, 0.2) is 0 Å². The Balaban J connectivity index is 1.40. The third kappa shape index (κ3) is 3.24. The maximum Gasteiger partial charge on any atom is 0.124 e. The lowest BCUT2D eigenvalue weighted by Gasteiger charge is -2.23. The Bertz CT molecular complexity index is 1410. The highest BCUT2D eigenvalue weighted by molar-refractivity contribution is 5.91. The summed E-state index contributed by atoms with van der Waals surface area (Å²) in [6, 6.07) is 23.0. The highest BCUT2D eigenvalue weighted by atomic mass is 16.5. The fraction of sp³-hybridized carbons (Fsp3) is 0.115. The van der Waals surface area contributed by atoms with Crippen LogP contribution in [0.25, 0.3) is 33.1 Å². The van der Waals surface area contributed by atoms with E-state index in [1.165, 1.54) is 11.3 Å². The third-order valence-corrected chi connectivity index (χ3v) is 5.81. The van der Waals surface area contributed by atoms with E-state index in [4.69, 9.17) is 4.74 Å². The number of aromatic nitrogens is 3. The first-order chi connectivity index (χ1) is 15.3. The minimum Gasteiger partial charge on any atom is -0.491 e. The summed E-state index contributed by atoms with van der Waals surface area (Å²) in [5.41, 5.74) is 7.45. The van der Waals surface area contributed by atoms with Crippen molar-refractivity contribution < 1.29 is 4.74 Å². The maximum absolute atomic E-state index is 6.09. The smallest absolute Gasteiger partial charge is 0.124 e. The summed E-state index contributed by atoms with van der Waals surface area (Å²) < 4.78 is 6.09. The number of pyridine rings is 1. The Kier molecular flexibility index (Phi) is 4.24. The van der Waals surface area contributed by atoms with Crippen molar-refractivity contribution in [1.29, 1.82) is 0 Å². The molecule has 2 aromatic heterocycles. The van der Waals surface area contributed by atoms with Crippen molar-refractivity contribution in [3.05, 3.63) is 90.9 Å². The second-order valence-electron chi connectivity index (χ2n) is 7.70. The Hall–Kier alpha value is -3.99. The summed E-state index contributed by atoms with van der Waals surface area (Å²) in [6.07, 6.45) is 5.34. The minimum atomic E-state index is 0.647. The second-order valence-corrected chi connectivity index (χ2v) is 7.70. The van der Waals surface area contributed by atoms with Gasteiger partial charge in [0.05, 0.1) is 23.1 Å². The molecule has 0 unspecified atom stereocenters. The molecule has 31 heavy (non-hydrogen) atoms. The Morgan fingerprint density at radius 2 is 1.52 bits per heavy atom. The lowest BCUT2D eigenvalue weighted by Crippen LogP contribution is -2.25. The average molecular weight is 404 g/mol. The van der Waals surface area contributed by atoms with Crippen molar-refractivity contribution in [2.75, 3.05) is 18.1 Å². The zero-order chi connectivity index (χ0) is 20.6. The first kappa shape index (κ1) is 17.8. The number of hydrogen-bond donors (Lipinski definition) is 0. The van der Waals surface area contributed by atoms with Crippen LogP contribution in [0.2, 0.25) is 0 Å². The number of ether oxygens (including phenoxy) is 1. The van der Waals surface area contributed by atoms with Gasteiger partial charge in [0.25, 0.3) is 0 Å². The monoisotopic (exact) mass is 404 g/mol. The molecular formula is C26H20N4O. The van der Waals surface area contributed by atoms with Crippen LogP contribution in [0, 0.1) is 0 Å². The second kappa shape index (κ2) is 7.36. The molecule has 5 nitrogen and oxygen atoms in total. The van der Waals surface area contributed by atoms with Gasteiger partial charge in [-0.1, -0.05) is 30.3 Å². The standard InChI is InChI=1S/C26H20N4O/c1-2-4-22-21(3-1)25(9-10-27-22)30-13-14-31-26-8-6-18(15-20(26)17-30)19-5-7-23-24(16-19)29-12-11-28-23/h1-12,15-16H,13-14,17H2. The van der Waals surface area contributed by atoms with E-state index in [1.807, 2.05) is 18.3 Å². The van der Waals surface area contributed by atoms with Crippen LogP contribution >= 0.6 is 0 Å². The summed E-state index contributed by atoms with van der Waals surface area (Å²) in [5, 5.41) is 1.16. The van der Waals surface area contributed by atoms with Crippen LogP contribution in [-0.4, -0.2) is 28.1 Å². The topological polar surface area (TPSA) is 51.1 Å². The van der Waals surface area contributed by atoms with Crippen LogP contribution < -0.4 is 9.64 Å². The molecule has 5 aromatic rings. The molecule has 0 amide bonds. The predicted octanol–water partition coefficient (Wildman–Crippen LogP) is 5.24. The molecule has 0 N–H and O–H groups in total. The van der Waals surface area contributed by atoms with Crippen molar-refractivity contribution in [1.82, 2.24) is 15.0 Å². The van der Waals surface area contributed by atoms with Gasteiger partial charge >= 0.3 is 0 Å². The molecule has 150 valence electrons. The number of benzene rings is 3. The van der Waals surface area contributed by atoms with Crippen LogP contribution in [0.15, 0.2) is 85.3 Å². The van der Waals surface area contributed by atoms with Crippen LogP contribution in [-0.2, 0) is 6.54 Å². The van der Waals surface area contributed by atoms with Crippen molar-refractivity contribution in [2.45, 2.75) is 6.54 Å². The van der Waals surface area contributed by atoms with E-state index in [2.05, 4.69) is 74.4 Å². The predicted molar refractivity (Wildman–Crippen MR) is 123 cm³/mol. The number of para-hydroxylation sites is 1. The molecule has 3 heterocycles. The Morgan fingerprint density at radius 1 is 0.710 bits per heavy atom. The van der Waals surface area contributed by atoms with Gasteiger partial charge in [0, 0.05) is 41.8 Å². The van der Waals surface area contributed by atoms with Gasteiger partial charge < -0.3 is 9.64 Å². The molecule has 0 atom stereocenters. The third-order valence-electron chi connectivity index (χ3n) is 5.81. The lowest BCUT2D eigenvalue weighted by molar-refractivity contribution is 0.332. The Morgan fingerprint density at radius 3 is 2.48 bits per heavy atom. The van der Waals surface area contributed by atoms with Gasteiger partial charge in [0.2, 0.25) is 0 Å². The molecule has 0 spiro atoms. The largest absolute Gasteiger partial charge is 0.491 e. The average Bonchev–Trinajstić information content (AvgIpc) is 3.05. The quantitative estimate of drug-likeness (QED) is 0.403. The highest BCUT2D eigenvalue weighted by Crippen LogP contribution is 2.33. The number of rotatable bonds is 2. The summed E-state index contributed by atoms with van der Waals surface area (Å²) in [5.74, 6) is 0.949. The first-order valence-corrected chi connectivity index (χ1v) is 10.4. The van der Waals surface area contributed by atoms with E-state index < -0.39 is 0 Å². The SMILES string of the molecule is c1ccc2c(N3CCOc4ccc(-c5ccc6nccnc6c5)cc4C3)ccnc2c1. The van der Waals surface area contributed by atoms with Crippen molar-refractivity contribution in [3.63, 3.8) is 0 Å². The normalized spacial score (nSPS) is 13.6. The number of fused-ring (bicyclic) bond motifs is 3. The zero-order valence-corrected chi connectivity index (χ0v) is 16.9. The highest BCUT2D eigenvalue weighted by Gasteiger charge is 2.18. The van der Waals surface area contributed by atoms with Gasteiger partial charge in [-0.2, -0.15) is 0 Å². The molecular weight excluding hydrogens is 384 g/mol. The molecule has 0 saturated heterocycles. The first-order valence-electron chi connectivity index (χ1n) is 10.4. The van der Waals surface area contributed by atoms with E-state index in [0.29, 0.717) is 6.61 Å². The molecule has 3 aromatic carbocycles. The summed E-state index contributed by atoms with van der Waals surface area (Å²) in [4.78, 5) is 15.7. The van der Waals surface area contributed by atoms with E-state index in [0.717, 1.165) is 51.9 Å². The van der Waals surface area contributed by atoms with Crippen LogP contribution in [0.1, 0.15) is 5.56 Å². The summed E-state index contributed by atoms with van der Waals surface area (Å²) in [7, 11) is 0. The molecule has 0 fully saturated rings. The molecule has 0 saturated carbocycles. The van der Waals surface area contributed by atoms with Crippen LogP contribution in [0.5, 0.6) is 5.75 Å². The fourth-order valence-electron chi connectivity index (χ4n) is 4.28. The molecule has 0 aliphatic carbocycles. The van der Waals surface area contributed by atoms with E-state index in [1.54, 1.807) is 12.4 Å². The Labute approximate surface area is 180 Å².